The summed E-state index contributed by atoms with van der Waals surface area (Å²) in [7, 11) is 1.70. The monoisotopic (exact) mass is 262 g/mol. The van der Waals surface area contributed by atoms with Crippen LogP contribution in [0.2, 0.25) is 0 Å². The average molecular weight is 262 g/mol. The lowest BCUT2D eigenvalue weighted by atomic mass is 9.93. The fourth-order valence-electron chi connectivity index (χ4n) is 3.04. The minimum atomic E-state index is 0.127. The summed E-state index contributed by atoms with van der Waals surface area (Å²) in [5, 5.41) is 0. The quantitative estimate of drug-likeness (QED) is 0.907. The van der Waals surface area contributed by atoms with Crippen LogP contribution in [0, 0.1) is 5.41 Å². The largest absolute Gasteiger partial charge is 0.497 e. The van der Waals surface area contributed by atoms with Gasteiger partial charge >= 0.3 is 0 Å². The van der Waals surface area contributed by atoms with Gasteiger partial charge in [0.05, 0.1) is 7.11 Å². The molecule has 1 aliphatic rings. The lowest BCUT2D eigenvalue weighted by molar-refractivity contribution is 0.197. The molecule has 2 atom stereocenters. The number of nitrogens with zero attached hydrogens (tertiary/aromatic N) is 1. The van der Waals surface area contributed by atoms with Gasteiger partial charge in [-0.1, -0.05) is 26.0 Å². The van der Waals surface area contributed by atoms with Crippen molar-refractivity contribution in [3.05, 3.63) is 29.8 Å². The maximum absolute atomic E-state index is 6.23. The second kappa shape index (κ2) is 5.51. The number of likely N-dealkylation sites (tertiary alicyclic amines) is 1. The lowest BCUT2D eigenvalue weighted by Gasteiger charge is -2.32. The summed E-state index contributed by atoms with van der Waals surface area (Å²) in [6, 6.07) is 8.74. The van der Waals surface area contributed by atoms with E-state index in [9.17, 15) is 0 Å². The fraction of sp³-hybridized carbons (Fsp3) is 0.625. The van der Waals surface area contributed by atoms with Crippen molar-refractivity contribution < 1.29 is 4.74 Å². The van der Waals surface area contributed by atoms with Gasteiger partial charge in [0.2, 0.25) is 0 Å². The Morgan fingerprint density at radius 3 is 2.32 bits per heavy atom. The molecule has 19 heavy (non-hydrogen) atoms. The number of ether oxygens (including phenoxy) is 1. The van der Waals surface area contributed by atoms with E-state index in [2.05, 4.69) is 37.8 Å². The number of nitrogens with two attached hydrogens (primary N) is 1. The van der Waals surface area contributed by atoms with E-state index in [-0.39, 0.29) is 6.04 Å². The van der Waals surface area contributed by atoms with Crippen LogP contribution in [0.15, 0.2) is 24.3 Å². The molecule has 2 unspecified atom stereocenters. The highest BCUT2D eigenvalue weighted by Gasteiger charge is 2.35. The van der Waals surface area contributed by atoms with Crippen LogP contribution >= 0.6 is 0 Å². The normalized spacial score (nSPS) is 22.2. The molecule has 1 aromatic carbocycles. The SMILES string of the molecule is COc1ccc(C(C(C)N)N2CCC(C)(C)C2)cc1. The van der Waals surface area contributed by atoms with E-state index < -0.39 is 0 Å². The van der Waals surface area contributed by atoms with Crippen LogP contribution in [0.3, 0.4) is 0 Å². The lowest BCUT2D eigenvalue weighted by Crippen LogP contribution is -2.39. The fourth-order valence-corrected chi connectivity index (χ4v) is 3.04. The summed E-state index contributed by atoms with van der Waals surface area (Å²) >= 11 is 0. The predicted molar refractivity (Wildman–Crippen MR) is 79.4 cm³/mol. The van der Waals surface area contributed by atoms with Gasteiger partial charge in [-0.05, 0) is 43.0 Å². The predicted octanol–water partition coefficient (Wildman–Crippen LogP) is 2.82. The summed E-state index contributed by atoms with van der Waals surface area (Å²) < 4.78 is 5.22. The number of hydrogen-bond acceptors (Lipinski definition) is 3. The van der Waals surface area contributed by atoms with Crippen molar-refractivity contribution in [3.63, 3.8) is 0 Å². The molecule has 0 amide bonds. The van der Waals surface area contributed by atoms with Gasteiger partial charge < -0.3 is 10.5 Å². The highest BCUT2D eigenvalue weighted by Crippen LogP contribution is 2.36. The molecule has 1 fully saturated rings. The van der Waals surface area contributed by atoms with E-state index in [1.807, 2.05) is 12.1 Å². The average Bonchev–Trinajstić information content (AvgIpc) is 2.70. The second-order valence-electron chi connectivity index (χ2n) is 6.46. The van der Waals surface area contributed by atoms with E-state index in [0.717, 1.165) is 18.8 Å². The summed E-state index contributed by atoms with van der Waals surface area (Å²) in [5.74, 6) is 0.897. The van der Waals surface area contributed by atoms with Crippen molar-refractivity contribution in [2.24, 2.45) is 11.1 Å². The zero-order valence-corrected chi connectivity index (χ0v) is 12.5. The van der Waals surface area contributed by atoms with E-state index in [4.69, 9.17) is 10.5 Å². The van der Waals surface area contributed by atoms with Gasteiger partial charge in [0.15, 0.2) is 0 Å². The topological polar surface area (TPSA) is 38.5 Å². The first-order chi connectivity index (χ1) is 8.93. The van der Waals surface area contributed by atoms with Gasteiger partial charge in [0, 0.05) is 18.6 Å². The highest BCUT2D eigenvalue weighted by atomic mass is 16.5. The molecule has 1 aromatic rings. The van der Waals surface area contributed by atoms with Crippen molar-refractivity contribution >= 4 is 0 Å². The molecule has 1 heterocycles. The summed E-state index contributed by atoms with van der Waals surface area (Å²) in [6.45, 7) is 9.01. The van der Waals surface area contributed by atoms with E-state index >= 15 is 0 Å². The molecule has 0 bridgehead atoms. The molecule has 3 heteroatoms. The van der Waals surface area contributed by atoms with Gasteiger partial charge in [0.25, 0.3) is 0 Å². The van der Waals surface area contributed by atoms with Crippen LogP contribution in [-0.2, 0) is 0 Å². The first kappa shape index (κ1) is 14.4. The van der Waals surface area contributed by atoms with Crippen LogP contribution < -0.4 is 10.5 Å². The van der Waals surface area contributed by atoms with Gasteiger partial charge in [-0.3, -0.25) is 4.90 Å². The van der Waals surface area contributed by atoms with Crippen molar-refractivity contribution in [1.82, 2.24) is 4.90 Å². The van der Waals surface area contributed by atoms with Crippen molar-refractivity contribution in [1.29, 1.82) is 0 Å². The van der Waals surface area contributed by atoms with Crippen molar-refractivity contribution in [3.8, 4) is 5.75 Å². The molecule has 1 saturated heterocycles. The van der Waals surface area contributed by atoms with Crippen molar-refractivity contribution in [2.75, 3.05) is 20.2 Å². The Balaban J connectivity index is 2.20. The molecule has 0 aromatic heterocycles. The van der Waals surface area contributed by atoms with Gasteiger partial charge in [-0.25, -0.2) is 0 Å². The minimum absolute atomic E-state index is 0.127. The zero-order valence-electron chi connectivity index (χ0n) is 12.5. The van der Waals surface area contributed by atoms with E-state index in [1.165, 1.54) is 12.0 Å². The van der Waals surface area contributed by atoms with Crippen LogP contribution in [0.4, 0.5) is 0 Å². The maximum atomic E-state index is 6.23. The Morgan fingerprint density at radius 2 is 1.89 bits per heavy atom. The van der Waals surface area contributed by atoms with E-state index in [1.54, 1.807) is 7.11 Å². The first-order valence-electron chi connectivity index (χ1n) is 7.06. The maximum Gasteiger partial charge on any atom is 0.118 e. The molecule has 106 valence electrons. The molecule has 2 N–H and O–H groups in total. The van der Waals surface area contributed by atoms with E-state index in [0.29, 0.717) is 11.5 Å². The number of methoxy groups -OCH3 is 1. The third kappa shape index (κ3) is 3.28. The highest BCUT2D eigenvalue weighted by molar-refractivity contribution is 5.30. The second-order valence-corrected chi connectivity index (χ2v) is 6.46. The Morgan fingerprint density at radius 1 is 1.26 bits per heavy atom. The number of benzene rings is 1. The van der Waals surface area contributed by atoms with Gasteiger partial charge in [-0.2, -0.15) is 0 Å². The first-order valence-corrected chi connectivity index (χ1v) is 7.06. The number of hydrogen-bond donors (Lipinski definition) is 1. The summed E-state index contributed by atoms with van der Waals surface area (Å²) in [5.41, 5.74) is 7.92. The van der Waals surface area contributed by atoms with Gasteiger partial charge in [-0.15, -0.1) is 0 Å². The summed E-state index contributed by atoms with van der Waals surface area (Å²) in [6.07, 6.45) is 1.24. The zero-order chi connectivity index (χ0) is 14.0. The molecule has 0 saturated carbocycles. The Bertz CT molecular complexity index is 411. The molecule has 0 aliphatic carbocycles. The van der Waals surface area contributed by atoms with Crippen molar-refractivity contribution in [2.45, 2.75) is 39.3 Å². The van der Waals surface area contributed by atoms with Gasteiger partial charge in [0.1, 0.15) is 5.75 Å². The third-order valence-electron chi connectivity index (χ3n) is 4.06. The van der Waals surface area contributed by atoms with Crippen LogP contribution in [0.25, 0.3) is 0 Å². The smallest absolute Gasteiger partial charge is 0.118 e. The molecule has 1 aliphatic heterocycles. The molecular weight excluding hydrogens is 236 g/mol. The van der Waals surface area contributed by atoms with Crippen LogP contribution in [0.5, 0.6) is 5.75 Å². The van der Waals surface area contributed by atoms with Crippen LogP contribution in [0.1, 0.15) is 38.8 Å². The molecular formula is C16H26N2O. The Labute approximate surface area is 116 Å². The third-order valence-corrected chi connectivity index (χ3v) is 4.06. The molecule has 2 rings (SSSR count). The molecule has 3 nitrogen and oxygen atoms in total. The molecule has 0 spiro atoms. The number of rotatable bonds is 4. The molecule has 0 radical (unpaired) electrons. The standard InChI is InChI=1S/C16H26N2O/c1-12(17)15(18-10-9-16(2,3)11-18)13-5-7-14(19-4)8-6-13/h5-8,12,15H,9-11,17H2,1-4H3. The Kier molecular flexibility index (Phi) is 4.16. The Hall–Kier alpha value is -1.06. The van der Waals surface area contributed by atoms with Crippen LogP contribution in [-0.4, -0.2) is 31.1 Å². The summed E-state index contributed by atoms with van der Waals surface area (Å²) in [4.78, 5) is 2.52. The minimum Gasteiger partial charge on any atom is -0.497 e.